The molecule has 0 amide bonds. The van der Waals surface area contributed by atoms with Gasteiger partial charge in [-0.3, -0.25) is 9.00 Å². The summed E-state index contributed by atoms with van der Waals surface area (Å²) in [5.74, 6) is 0.222. The van der Waals surface area contributed by atoms with Gasteiger partial charge < -0.3 is 14.2 Å². The Morgan fingerprint density at radius 3 is 2.41 bits per heavy atom. The number of carbonyl (C=O) groups excluding carboxylic acids is 1. The van der Waals surface area contributed by atoms with Crippen LogP contribution in [-0.2, 0) is 34.5 Å². The first-order valence-corrected chi connectivity index (χ1v) is 18.0. The lowest BCUT2D eigenvalue weighted by atomic mass is 9.90. The van der Waals surface area contributed by atoms with E-state index in [9.17, 15) is 9.00 Å². The standard InChI is InChI=1S/C26H43NO5SSi/c1-8-15-31-25(28)26(13-14-26)22-11-9-21(10-12-22)23-18-32-24(23)27(4)33(29,20(2)3)19-30-16-17-34(5,6)7/h8-12,20,23-24,33H,1,13-19H2,2-7H3. The van der Waals surface area contributed by atoms with Crippen LogP contribution in [0, 0.1) is 0 Å². The smallest absolute Gasteiger partial charge is 0.316 e. The van der Waals surface area contributed by atoms with E-state index in [1.807, 2.05) is 37.3 Å². The minimum Gasteiger partial charge on any atom is -0.461 e. The fourth-order valence-electron chi connectivity index (χ4n) is 4.34. The van der Waals surface area contributed by atoms with E-state index in [0.717, 1.165) is 30.0 Å². The first-order chi connectivity index (χ1) is 15.9. The zero-order chi connectivity index (χ0) is 25.1. The summed E-state index contributed by atoms with van der Waals surface area (Å²) < 4.78 is 33.1. The van der Waals surface area contributed by atoms with Crippen molar-refractivity contribution in [3.63, 3.8) is 0 Å². The fraction of sp³-hybridized carbons (Fsp3) is 0.654. The highest BCUT2D eigenvalue weighted by atomic mass is 32.3. The maximum Gasteiger partial charge on any atom is 0.316 e. The Balaban J connectivity index is 1.66. The average molecular weight is 510 g/mol. The molecule has 2 atom stereocenters. The zero-order valence-electron chi connectivity index (χ0n) is 21.7. The van der Waals surface area contributed by atoms with Gasteiger partial charge in [-0.15, -0.1) is 0 Å². The van der Waals surface area contributed by atoms with E-state index in [4.69, 9.17) is 14.2 Å². The van der Waals surface area contributed by atoms with Crippen LogP contribution in [0.15, 0.2) is 36.9 Å². The van der Waals surface area contributed by atoms with Gasteiger partial charge in [-0.2, -0.15) is 0 Å². The molecule has 1 aromatic rings. The molecule has 1 heterocycles. The molecule has 0 aromatic heterocycles. The van der Waals surface area contributed by atoms with Crippen molar-refractivity contribution in [2.45, 2.75) is 75.2 Å². The number of esters is 1. The predicted octanol–water partition coefficient (Wildman–Crippen LogP) is 4.47. The molecular formula is C26H43NO5SSi. The molecule has 1 aliphatic heterocycles. The van der Waals surface area contributed by atoms with Crippen LogP contribution in [-0.4, -0.2) is 66.8 Å². The highest BCUT2D eigenvalue weighted by Crippen LogP contribution is 2.49. The maximum absolute atomic E-state index is 14.0. The quantitative estimate of drug-likeness (QED) is 0.140. The van der Waals surface area contributed by atoms with Gasteiger partial charge >= 0.3 is 5.97 Å². The predicted molar refractivity (Wildman–Crippen MR) is 142 cm³/mol. The van der Waals surface area contributed by atoms with Crippen LogP contribution in [0.5, 0.6) is 0 Å². The van der Waals surface area contributed by atoms with E-state index in [1.165, 1.54) is 0 Å². The average Bonchev–Trinajstić information content (AvgIpc) is 3.56. The van der Waals surface area contributed by atoms with Gasteiger partial charge in [-0.25, -0.2) is 4.31 Å². The van der Waals surface area contributed by atoms with E-state index < -0.39 is 23.6 Å². The number of hydrogen-bond donors (Lipinski definition) is 1. The number of benzene rings is 1. The molecule has 8 heteroatoms. The zero-order valence-corrected chi connectivity index (χ0v) is 23.6. The molecule has 34 heavy (non-hydrogen) atoms. The second-order valence-electron chi connectivity index (χ2n) is 11.2. The molecule has 2 unspecified atom stereocenters. The van der Waals surface area contributed by atoms with Gasteiger partial charge in [-0.1, -0.05) is 70.4 Å². The molecule has 1 saturated carbocycles. The van der Waals surface area contributed by atoms with Crippen molar-refractivity contribution in [1.29, 1.82) is 0 Å². The number of likely N-dealkylation sites (N-methyl/N-ethyl adjacent to an activating group) is 1. The van der Waals surface area contributed by atoms with Crippen molar-refractivity contribution in [2.75, 3.05) is 32.8 Å². The van der Waals surface area contributed by atoms with Crippen molar-refractivity contribution < 1.29 is 23.2 Å². The van der Waals surface area contributed by atoms with Gasteiger partial charge in [0.25, 0.3) is 0 Å². The second kappa shape index (κ2) is 10.7. The van der Waals surface area contributed by atoms with Gasteiger partial charge in [0.05, 0.1) is 12.0 Å². The van der Waals surface area contributed by atoms with Gasteiger partial charge in [-0.05, 0) is 40.1 Å². The number of rotatable bonds is 13. The molecule has 192 valence electrons. The van der Waals surface area contributed by atoms with Crippen molar-refractivity contribution >= 4 is 24.2 Å². The normalized spacial score (nSPS) is 22.4. The molecule has 1 aliphatic carbocycles. The van der Waals surface area contributed by atoms with Gasteiger partial charge in [0.2, 0.25) is 0 Å². The minimum atomic E-state index is -2.76. The third kappa shape index (κ3) is 5.90. The third-order valence-corrected chi connectivity index (χ3v) is 12.3. The molecule has 6 nitrogen and oxygen atoms in total. The van der Waals surface area contributed by atoms with Crippen LogP contribution in [0.2, 0.25) is 25.7 Å². The molecule has 2 fully saturated rings. The summed E-state index contributed by atoms with van der Waals surface area (Å²) >= 11 is 0. The Labute approximate surface area is 207 Å². The highest BCUT2D eigenvalue weighted by Gasteiger charge is 2.53. The third-order valence-electron chi connectivity index (χ3n) is 7.14. The minimum absolute atomic E-state index is 0.0205. The van der Waals surface area contributed by atoms with Crippen LogP contribution < -0.4 is 0 Å². The summed E-state index contributed by atoms with van der Waals surface area (Å²) in [6.45, 7) is 16.1. The monoisotopic (exact) mass is 509 g/mol. The second-order valence-corrected chi connectivity index (χ2v) is 20.2. The largest absolute Gasteiger partial charge is 0.461 e. The van der Waals surface area contributed by atoms with E-state index in [2.05, 4.69) is 38.4 Å². The number of nitrogens with zero attached hydrogens (tertiary/aromatic N) is 1. The van der Waals surface area contributed by atoms with E-state index in [1.54, 1.807) is 6.08 Å². The Morgan fingerprint density at radius 1 is 1.29 bits per heavy atom. The molecule has 0 N–H and O–H groups in total. The van der Waals surface area contributed by atoms with Crippen molar-refractivity contribution in [2.24, 2.45) is 0 Å². The van der Waals surface area contributed by atoms with Crippen molar-refractivity contribution in [3.8, 4) is 0 Å². The first-order valence-electron chi connectivity index (χ1n) is 12.3. The van der Waals surface area contributed by atoms with Crippen LogP contribution in [0.25, 0.3) is 0 Å². The molecule has 1 saturated heterocycles. The van der Waals surface area contributed by atoms with E-state index >= 15 is 0 Å². The summed E-state index contributed by atoms with van der Waals surface area (Å²) in [5, 5.41) is -0.0205. The summed E-state index contributed by atoms with van der Waals surface area (Å²) in [6, 6.07) is 9.29. The molecule has 2 aliphatic rings. The van der Waals surface area contributed by atoms with Crippen LogP contribution in [0.1, 0.15) is 43.7 Å². The highest BCUT2D eigenvalue weighted by molar-refractivity contribution is 8.01. The molecule has 0 bridgehead atoms. The van der Waals surface area contributed by atoms with Crippen LogP contribution in [0.4, 0.5) is 0 Å². The Kier molecular flexibility index (Phi) is 8.62. The number of hydrogen-bond acceptors (Lipinski definition) is 5. The van der Waals surface area contributed by atoms with E-state index in [-0.39, 0.29) is 35.9 Å². The summed E-state index contributed by atoms with van der Waals surface area (Å²) in [5.41, 5.74) is 1.63. The molecule has 1 aromatic carbocycles. The number of thiol groups is 1. The van der Waals surface area contributed by atoms with Crippen LogP contribution >= 0.6 is 0 Å². The Morgan fingerprint density at radius 2 is 1.94 bits per heavy atom. The summed E-state index contributed by atoms with van der Waals surface area (Å²) in [6.07, 6.45) is 2.98. The molecular weight excluding hydrogens is 466 g/mol. The first kappa shape index (κ1) is 27.3. The topological polar surface area (TPSA) is 65.1 Å². The lowest BCUT2D eigenvalue weighted by Gasteiger charge is -2.48. The van der Waals surface area contributed by atoms with Crippen LogP contribution in [0.3, 0.4) is 0 Å². The number of ether oxygens (including phenoxy) is 3. The van der Waals surface area contributed by atoms with Gasteiger partial charge in [0, 0.05) is 32.9 Å². The molecule has 0 spiro atoms. The maximum atomic E-state index is 14.0. The van der Waals surface area contributed by atoms with Crippen molar-refractivity contribution in [1.82, 2.24) is 4.31 Å². The SMILES string of the molecule is C=CCOC(=O)C1(c2ccc(C3COC3N(C)[SH](=O)(COCC[Si](C)(C)C)C(C)C)cc2)CC1. The summed E-state index contributed by atoms with van der Waals surface area (Å²) in [7, 11) is -2.05. The molecule has 0 radical (unpaired) electrons. The van der Waals surface area contributed by atoms with E-state index in [0.29, 0.717) is 13.2 Å². The molecule has 3 rings (SSSR count). The van der Waals surface area contributed by atoms with Gasteiger partial charge in [0.15, 0.2) is 0 Å². The Hall–Kier alpha value is -1.32. The Bertz CT molecular complexity index is 907. The van der Waals surface area contributed by atoms with Gasteiger partial charge in [0.1, 0.15) is 18.8 Å². The lowest BCUT2D eigenvalue weighted by molar-refractivity contribution is -0.145. The summed E-state index contributed by atoms with van der Waals surface area (Å²) in [4.78, 5) is 12.5. The number of carbonyl (C=O) groups is 1. The lowest BCUT2D eigenvalue weighted by Crippen LogP contribution is -2.56. The van der Waals surface area contributed by atoms with Crippen molar-refractivity contribution in [3.05, 3.63) is 48.0 Å². The fourth-order valence-corrected chi connectivity index (χ4v) is 7.31.